The summed E-state index contributed by atoms with van der Waals surface area (Å²) in [6.45, 7) is 0. The van der Waals surface area contributed by atoms with Gasteiger partial charge in [0.2, 0.25) is 6.29 Å². The summed E-state index contributed by atoms with van der Waals surface area (Å²) in [6.07, 6.45) is 1.60. The monoisotopic (exact) mass is 121 g/mol. The Morgan fingerprint density at radius 2 is 2.25 bits per heavy atom. The highest BCUT2D eigenvalue weighted by molar-refractivity contribution is 9.09. The van der Waals surface area contributed by atoms with Crippen molar-refractivity contribution in [1.82, 2.24) is 0 Å². The van der Waals surface area contributed by atoms with Crippen molar-refractivity contribution in [3.8, 4) is 0 Å². The molecule has 0 spiro atoms. The van der Waals surface area contributed by atoms with E-state index in [2.05, 4.69) is 15.9 Å². The van der Waals surface area contributed by atoms with Gasteiger partial charge in [0.05, 0.1) is 5.33 Å². The molecular formula is C2H2BrO. The van der Waals surface area contributed by atoms with E-state index in [1.807, 2.05) is 0 Å². The van der Waals surface area contributed by atoms with Crippen molar-refractivity contribution in [2.75, 3.05) is 5.33 Å². The Kier molecular flexibility index (Phi) is 3.27. The first kappa shape index (κ1) is 4.15. The molecule has 0 amide bonds. The first-order chi connectivity index (χ1) is 1.91. The van der Waals surface area contributed by atoms with Gasteiger partial charge < -0.3 is 0 Å². The van der Waals surface area contributed by atoms with Gasteiger partial charge >= 0.3 is 0 Å². The van der Waals surface area contributed by atoms with Crippen LogP contribution in [-0.2, 0) is 4.79 Å². The van der Waals surface area contributed by atoms with Crippen LogP contribution in [0.1, 0.15) is 0 Å². The number of hydrogen-bond acceptors (Lipinski definition) is 1. The van der Waals surface area contributed by atoms with Crippen molar-refractivity contribution in [3.63, 3.8) is 0 Å². The van der Waals surface area contributed by atoms with E-state index in [4.69, 9.17) is 4.79 Å². The van der Waals surface area contributed by atoms with Crippen LogP contribution in [0.5, 0.6) is 0 Å². The quantitative estimate of drug-likeness (QED) is 0.462. The summed E-state index contributed by atoms with van der Waals surface area (Å²) in [5.41, 5.74) is 0. The molecule has 0 aromatic rings. The fraction of sp³-hybridized carbons (Fsp3) is 0.500. The Labute approximate surface area is 33.1 Å². The second-order valence-corrected chi connectivity index (χ2v) is 0.839. The first-order valence-electron chi connectivity index (χ1n) is 0.825. The normalized spacial score (nSPS) is 6.25. The van der Waals surface area contributed by atoms with Crippen molar-refractivity contribution in [2.24, 2.45) is 0 Å². The minimum atomic E-state index is 0.326. The maximum atomic E-state index is 9.00. The lowest BCUT2D eigenvalue weighted by Gasteiger charge is -1.46. The Morgan fingerprint density at radius 1 is 2.00 bits per heavy atom. The van der Waals surface area contributed by atoms with E-state index in [-0.39, 0.29) is 0 Å². The molecule has 1 radical (unpaired) electrons. The molecule has 0 unspecified atom stereocenters. The molecule has 0 aromatic carbocycles. The predicted octanol–water partition coefficient (Wildman–Crippen LogP) is 0.491. The molecule has 23 valence electrons. The van der Waals surface area contributed by atoms with Gasteiger partial charge in [-0.2, -0.15) is 0 Å². The van der Waals surface area contributed by atoms with Gasteiger partial charge in [-0.3, -0.25) is 4.79 Å². The van der Waals surface area contributed by atoms with Gasteiger partial charge in [-0.15, -0.1) is 0 Å². The summed E-state index contributed by atoms with van der Waals surface area (Å²) in [5, 5.41) is 0.326. The minimum absolute atomic E-state index is 0.326. The van der Waals surface area contributed by atoms with E-state index in [0.29, 0.717) is 5.33 Å². The molecule has 0 rings (SSSR count). The lowest BCUT2D eigenvalue weighted by atomic mass is 11.0. The smallest absolute Gasteiger partial charge is 0.209 e. The number of halogens is 1. The molecule has 0 aliphatic rings. The molecule has 0 heterocycles. The summed E-state index contributed by atoms with van der Waals surface area (Å²) in [4.78, 5) is 9.00. The second kappa shape index (κ2) is 3.15. The minimum Gasteiger partial charge on any atom is -0.290 e. The molecule has 4 heavy (non-hydrogen) atoms. The SMILES string of the molecule is O=[C]CBr. The Bertz CT molecular complexity index is 20.0. The summed E-state index contributed by atoms with van der Waals surface area (Å²) < 4.78 is 0. The summed E-state index contributed by atoms with van der Waals surface area (Å²) in [6, 6.07) is 0. The Hall–Kier alpha value is 0.150. The highest BCUT2D eigenvalue weighted by Gasteiger charge is 1.58. The fourth-order valence-electron chi connectivity index (χ4n) is 0. The highest BCUT2D eigenvalue weighted by atomic mass is 79.9. The third-order valence-electron chi connectivity index (χ3n) is 0.0546. The Balaban J connectivity index is 2.30. The topological polar surface area (TPSA) is 17.1 Å². The molecule has 0 aliphatic heterocycles. The zero-order chi connectivity index (χ0) is 3.41. The van der Waals surface area contributed by atoms with Gasteiger partial charge in [-0.05, 0) is 0 Å². The summed E-state index contributed by atoms with van der Waals surface area (Å²) in [5.74, 6) is 0. The van der Waals surface area contributed by atoms with Crippen LogP contribution in [0, 0.1) is 0 Å². The van der Waals surface area contributed by atoms with Crippen LogP contribution in [0.25, 0.3) is 0 Å². The zero-order valence-electron chi connectivity index (χ0n) is 1.99. The van der Waals surface area contributed by atoms with Crippen LogP contribution in [-0.4, -0.2) is 11.6 Å². The van der Waals surface area contributed by atoms with Gasteiger partial charge in [0, 0.05) is 0 Å². The lowest BCUT2D eigenvalue weighted by Crippen LogP contribution is -1.61. The highest BCUT2D eigenvalue weighted by Crippen LogP contribution is 1.65. The predicted molar refractivity (Wildman–Crippen MR) is 19.5 cm³/mol. The van der Waals surface area contributed by atoms with E-state index in [1.165, 1.54) is 0 Å². The summed E-state index contributed by atoms with van der Waals surface area (Å²) >= 11 is 2.82. The standard InChI is InChI=1S/C2H2BrO/c3-1-2-4/h1H2. The molecule has 0 N–H and O–H groups in total. The van der Waals surface area contributed by atoms with Crippen molar-refractivity contribution in [3.05, 3.63) is 0 Å². The van der Waals surface area contributed by atoms with E-state index in [0.717, 1.165) is 0 Å². The maximum absolute atomic E-state index is 9.00. The van der Waals surface area contributed by atoms with Crippen molar-refractivity contribution < 1.29 is 4.79 Å². The molecule has 0 atom stereocenters. The van der Waals surface area contributed by atoms with Crippen molar-refractivity contribution in [1.29, 1.82) is 0 Å². The molecular weight excluding hydrogens is 120 g/mol. The molecule has 0 saturated carbocycles. The molecule has 0 aromatic heterocycles. The molecule has 2 heteroatoms. The summed E-state index contributed by atoms with van der Waals surface area (Å²) in [7, 11) is 0. The third kappa shape index (κ3) is 2.15. The van der Waals surface area contributed by atoms with Crippen LogP contribution in [0.4, 0.5) is 0 Å². The van der Waals surface area contributed by atoms with Crippen LogP contribution >= 0.6 is 15.9 Å². The van der Waals surface area contributed by atoms with Gasteiger partial charge in [-0.25, -0.2) is 0 Å². The van der Waals surface area contributed by atoms with E-state index < -0.39 is 0 Å². The van der Waals surface area contributed by atoms with E-state index in [1.54, 1.807) is 6.29 Å². The second-order valence-electron chi connectivity index (χ2n) is 0.278. The fourth-order valence-corrected chi connectivity index (χ4v) is 0. The molecule has 0 aliphatic carbocycles. The number of hydrogen-bond donors (Lipinski definition) is 0. The van der Waals surface area contributed by atoms with Crippen molar-refractivity contribution >= 4 is 22.2 Å². The molecule has 1 nitrogen and oxygen atoms in total. The number of carbonyl (C=O) groups excluding carboxylic acids is 1. The van der Waals surface area contributed by atoms with Crippen LogP contribution in [0.15, 0.2) is 0 Å². The van der Waals surface area contributed by atoms with E-state index >= 15 is 0 Å². The largest absolute Gasteiger partial charge is 0.290 e. The van der Waals surface area contributed by atoms with Gasteiger partial charge in [0.1, 0.15) is 0 Å². The van der Waals surface area contributed by atoms with Crippen molar-refractivity contribution in [2.45, 2.75) is 0 Å². The van der Waals surface area contributed by atoms with Gasteiger partial charge in [-0.1, -0.05) is 15.9 Å². The first-order valence-corrected chi connectivity index (χ1v) is 1.95. The van der Waals surface area contributed by atoms with Crippen LogP contribution in [0.2, 0.25) is 0 Å². The number of rotatable bonds is 1. The lowest BCUT2D eigenvalue weighted by molar-refractivity contribution is 0.561. The third-order valence-corrected chi connectivity index (χ3v) is 0.283. The average molecular weight is 122 g/mol. The number of alkyl halides is 1. The van der Waals surface area contributed by atoms with E-state index in [9.17, 15) is 0 Å². The molecule has 0 bridgehead atoms. The Morgan fingerprint density at radius 3 is 2.25 bits per heavy atom. The van der Waals surface area contributed by atoms with Crippen LogP contribution < -0.4 is 0 Å². The molecule has 0 saturated heterocycles. The maximum Gasteiger partial charge on any atom is 0.209 e. The van der Waals surface area contributed by atoms with Crippen LogP contribution in [0.3, 0.4) is 0 Å². The van der Waals surface area contributed by atoms with Gasteiger partial charge in [0.15, 0.2) is 0 Å². The average Bonchev–Trinajstić information content (AvgIpc) is 1.37. The van der Waals surface area contributed by atoms with Gasteiger partial charge in [0.25, 0.3) is 0 Å². The zero-order valence-corrected chi connectivity index (χ0v) is 3.58. The molecule has 0 fully saturated rings.